The van der Waals surface area contributed by atoms with Crippen LogP contribution >= 0.6 is 0 Å². The van der Waals surface area contributed by atoms with E-state index >= 15 is 0 Å². The van der Waals surface area contributed by atoms with Gasteiger partial charge in [-0.25, -0.2) is 4.98 Å². The first kappa shape index (κ1) is 15.2. The third-order valence-electron chi connectivity index (χ3n) is 4.15. The molecule has 7 heteroatoms. The Kier molecular flexibility index (Phi) is 3.61. The lowest BCUT2D eigenvalue weighted by molar-refractivity contribution is 0.174. The summed E-state index contributed by atoms with van der Waals surface area (Å²) in [5, 5.41) is 22.1. The molecule has 0 saturated heterocycles. The van der Waals surface area contributed by atoms with Gasteiger partial charge in [-0.1, -0.05) is 6.07 Å². The number of aromatic nitrogens is 2. The van der Waals surface area contributed by atoms with Gasteiger partial charge < -0.3 is 29.6 Å². The summed E-state index contributed by atoms with van der Waals surface area (Å²) in [6, 6.07) is 10.5. The Labute approximate surface area is 144 Å². The molecule has 0 fully saturated rings. The number of anilines is 1. The Morgan fingerprint density at radius 3 is 2.76 bits per heavy atom. The standard InChI is InChI=1S/C18H17N3O4/c1-21-13(12-3-5-16-17(7-12)25-10-24-16)9-20-18(21)19-8-11-2-4-14(22)15(23)6-11/h2-7,9,22-23H,8,10H2,1H3,(H,19,20). The van der Waals surface area contributed by atoms with Gasteiger partial charge in [-0.2, -0.15) is 0 Å². The summed E-state index contributed by atoms with van der Waals surface area (Å²) in [6.07, 6.45) is 1.79. The Balaban J connectivity index is 1.53. The molecule has 1 aliphatic heterocycles. The highest BCUT2D eigenvalue weighted by Gasteiger charge is 2.16. The van der Waals surface area contributed by atoms with E-state index < -0.39 is 0 Å². The number of ether oxygens (including phenoxy) is 2. The third-order valence-corrected chi connectivity index (χ3v) is 4.15. The van der Waals surface area contributed by atoms with Crippen LogP contribution in [0.2, 0.25) is 0 Å². The van der Waals surface area contributed by atoms with Crippen LogP contribution in [-0.2, 0) is 13.6 Å². The van der Waals surface area contributed by atoms with Gasteiger partial charge in [0.05, 0.1) is 11.9 Å². The molecule has 1 aliphatic rings. The lowest BCUT2D eigenvalue weighted by Crippen LogP contribution is -2.05. The molecule has 0 spiro atoms. The number of phenolic OH excluding ortho intramolecular Hbond substituents is 2. The Hall–Kier alpha value is -3.35. The van der Waals surface area contributed by atoms with E-state index in [2.05, 4.69) is 10.3 Å². The molecular formula is C18H17N3O4. The Morgan fingerprint density at radius 1 is 1.08 bits per heavy atom. The predicted octanol–water partition coefficient (Wildman–Crippen LogP) is 2.84. The van der Waals surface area contributed by atoms with Crippen LogP contribution in [0.3, 0.4) is 0 Å². The van der Waals surface area contributed by atoms with Crippen LogP contribution in [0.1, 0.15) is 5.56 Å². The normalized spacial score (nSPS) is 12.4. The van der Waals surface area contributed by atoms with E-state index in [0.29, 0.717) is 12.5 Å². The minimum Gasteiger partial charge on any atom is -0.504 e. The summed E-state index contributed by atoms with van der Waals surface area (Å²) < 4.78 is 12.7. The fourth-order valence-electron chi connectivity index (χ4n) is 2.76. The molecule has 4 rings (SSSR count). The fraction of sp³-hybridized carbons (Fsp3) is 0.167. The van der Waals surface area contributed by atoms with Gasteiger partial charge in [0.1, 0.15) is 0 Å². The van der Waals surface area contributed by atoms with Crippen molar-refractivity contribution in [1.29, 1.82) is 0 Å². The molecular weight excluding hydrogens is 322 g/mol. The first-order valence-corrected chi connectivity index (χ1v) is 7.78. The van der Waals surface area contributed by atoms with Crippen LogP contribution in [0.5, 0.6) is 23.0 Å². The van der Waals surface area contributed by atoms with Gasteiger partial charge in [0.2, 0.25) is 12.7 Å². The second-order valence-electron chi connectivity index (χ2n) is 5.77. The van der Waals surface area contributed by atoms with Crippen molar-refractivity contribution in [1.82, 2.24) is 9.55 Å². The smallest absolute Gasteiger partial charge is 0.231 e. The number of imidazole rings is 1. The summed E-state index contributed by atoms with van der Waals surface area (Å²) in [4.78, 5) is 4.41. The van der Waals surface area contributed by atoms with Gasteiger partial charge in [-0.05, 0) is 35.9 Å². The van der Waals surface area contributed by atoms with Crippen molar-refractivity contribution >= 4 is 5.95 Å². The predicted molar refractivity (Wildman–Crippen MR) is 91.9 cm³/mol. The number of rotatable bonds is 4. The van der Waals surface area contributed by atoms with E-state index in [9.17, 15) is 10.2 Å². The molecule has 128 valence electrons. The first-order valence-electron chi connectivity index (χ1n) is 7.78. The maximum atomic E-state index is 9.56. The average molecular weight is 339 g/mol. The number of nitrogens with one attached hydrogen (secondary N) is 1. The van der Waals surface area contributed by atoms with Gasteiger partial charge in [0, 0.05) is 19.2 Å². The zero-order valence-corrected chi connectivity index (χ0v) is 13.6. The molecule has 7 nitrogen and oxygen atoms in total. The topological polar surface area (TPSA) is 88.8 Å². The van der Waals surface area contributed by atoms with Gasteiger partial charge in [-0.3, -0.25) is 0 Å². The van der Waals surface area contributed by atoms with Crippen molar-refractivity contribution in [3.8, 4) is 34.3 Å². The zero-order chi connectivity index (χ0) is 17.4. The van der Waals surface area contributed by atoms with E-state index in [0.717, 1.165) is 28.3 Å². The molecule has 0 saturated carbocycles. The van der Waals surface area contributed by atoms with Crippen LogP contribution < -0.4 is 14.8 Å². The van der Waals surface area contributed by atoms with Gasteiger partial charge in [-0.15, -0.1) is 0 Å². The molecule has 2 aromatic carbocycles. The van der Waals surface area contributed by atoms with Crippen molar-refractivity contribution in [2.24, 2.45) is 7.05 Å². The number of nitrogens with zero attached hydrogens (tertiary/aromatic N) is 2. The van der Waals surface area contributed by atoms with Crippen LogP contribution in [0, 0.1) is 0 Å². The molecule has 0 amide bonds. The van der Waals surface area contributed by atoms with Crippen LogP contribution in [0.15, 0.2) is 42.6 Å². The number of hydrogen-bond acceptors (Lipinski definition) is 6. The van der Waals surface area contributed by atoms with Gasteiger partial charge in [0.25, 0.3) is 0 Å². The number of phenols is 2. The molecule has 25 heavy (non-hydrogen) atoms. The second-order valence-corrected chi connectivity index (χ2v) is 5.77. The lowest BCUT2D eigenvalue weighted by Gasteiger charge is -2.09. The van der Waals surface area contributed by atoms with E-state index in [1.807, 2.05) is 29.8 Å². The zero-order valence-electron chi connectivity index (χ0n) is 13.6. The summed E-state index contributed by atoms with van der Waals surface area (Å²) in [5.41, 5.74) is 2.76. The SMILES string of the molecule is Cn1c(-c2ccc3c(c2)OCO3)cnc1NCc1ccc(O)c(O)c1. The number of aromatic hydroxyl groups is 2. The highest BCUT2D eigenvalue weighted by Crippen LogP contribution is 2.36. The monoisotopic (exact) mass is 339 g/mol. The molecule has 2 heterocycles. The van der Waals surface area contributed by atoms with E-state index in [-0.39, 0.29) is 18.3 Å². The molecule has 3 N–H and O–H groups in total. The minimum atomic E-state index is -0.139. The quantitative estimate of drug-likeness (QED) is 0.634. The first-order chi connectivity index (χ1) is 12.1. The third kappa shape index (κ3) is 2.80. The highest BCUT2D eigenvalue weighted by atomic mass is 16.7. The van der Waals surface area contributed by atoms with Crippen LogP contribution in [0.25, 0.3) is 11.3 Å². The van der Waals surface area contributed by atoms with Crippen molar-refractivity contribution in [3.05, 3.63) is 48.2 Å². The summed E-state index contributed by atoms with van der Waals surface area (Å²) in [7, 11) is 1.92. The average Bonchev–Trinajstić information content (AvgIpc) is 3.22. The molecule has 0 atom stereocenters. The molecule has 3 aromatic rings. The summed E-state index contributed by atoms with van der Waals surface area (Å²) in [5.74, 6) is 1.90. The van der Waals surface area contributed by atoms with Crippen molar-refractivity contribution < 1.29 is 19.7 Å². The highest BCUT2D eigenvalue weighted by molar-refractivity contribution is 5.66. The largest absolute Gasteiger partial charge is 0.504 e. The lowest BCUT2D eigenvalue weighted by atomic mass is 10.1. The number of hydrogen-bond donors (Lipinski definition) is 3. The van der Waals surface area contributed by atoms with E-state index in [1.54, 1.807) is 12.3 Å². The van der Waals surface area contributed by atoms with Gasteiger partial charge >= 0.3 is 0 Å². The minimum absolute atomic E-state index is 0.133. The molecule has 1 aromatic heterocycles. The van der Waals surface area contributed by atoms with Gasteiger partial charge in [0.15, 0.2) is 23.0 Å². The number of fused-ring (bicyclic) bond motifs is 1. The van der Waals surface area contributed by atoms with Crippen LogP contribution in [-0.4, -0.2) is 26.6 Å². The second kappa shape index (κ2) is 5.94. The summed E-state index contributed by atoms with van der Waals surface area (Å²) in [6.45, 7) is 0.718. The summed E-state index contributed by atoms with van der Waals surface area (Å²) >= 11 is 0. The molecule has 0 aliphatic carbocycles. The van der Waals surface area contributed by atoms with E-state index in [4.69, 9.17) is 9.47 Å². The van der Waals surface area contributed by atoms with E-state index in [1.165, 1.54) is 12.1 Å². The Morgan fingerprint density at radius 2 is 1.92 bits per heavy atom. The maximum absolute atomic E-state index is 9.56. The van der Waals surface area contributed by atoms with Crippen LogP contribution in [0.4, 0.5) is 5.95 Å². The van der Waals surface area contributed by atoms with Crippen molar-refractivity contribution in [2.45, 2.75) is 6.54 Å². The number of benzene rings is 2. The fourth-order valence-corrected chi connectivity index (χ4v) is 2.76. The molecule has 0 radical (unpaired) electrons. The Bertz CT molecular complexity index is 936. The maximum Gasteiger partial charge on any atom is 0.231 e. The molecule has 0 unspecified atom stereocenters. The molecule has 0 bridgehead atoms. The van der Waals surface area contributed by atoms with Crippen molar-refractivity contribution in [2.75, 3.05) is 12.1 Å². The van der Waals surface area contributed by atoms with Crippen molar-refractivity contribution in [3.63, 3.8) is 0 Å².